The summed E-state index contributed by atoms with van der Waals surface area (Å²) < 4.78 is 1.20. The minimum absolute atomic E-state index is 1.02. The van der Waals surface area contributed by atoms with Gasteiger partial charge in [-0.05, 0) is 30.3 Å². The highest BCUT2D eigenvalue weighted by molar-refractivity contribution is 7.22. The summed E-state index contributed by atoms with van der Waals surface area (Å²) in [5.74, 6) is 0. The number of fused-ring (bicyclic) bond motifs is 2. The zero-order valence-electron chi connectivity index (χ0n) is 10.1. The molecule has 0 radical (unpaired) electrons. The van der Waals surface area contributed by atoms with Crippen molar-refractivity contribution >= 4 is 32.5 Å². The van der Waals surface area contributed by atoms with E-state index in [-0.39, 0.29) is 0 Å². The molecule has 0 atom stereocenters. The maximum atomic E-state index is 4.72. The molecule has 0 spiro atoms. The fraction of sp³-hybridized carbons (Fsp3) is 0. The van der Waals surface area contributed by atoms with E-state index in [2.05, 4.69) is 35.3 Å². The number of rotatable bonds is 1. The van der Waals surface area contributed by atoms with Crippen molar-refractivity contribution in [2.24, 2.45) is 0 Å². The fourth-order valence-electron chi connectivity index (χ4n) is 2.20. The van der Waals surface area contributed by atoms with E-state index in [9.17, 15) is 0 Å². The van der Waals surface area contributed by atoms with Crippen LogP contribution in [0.5, 0.6) is 0 Å². The first-order chi connectivity index (χ1) is 9.40. The van der Waals surface area contributed by atoms with Gasteiger partial charge in [0.2, 0.25) is 0 Å². The van der Waals surface area contributed by atoms with Gasteiger partial charge >= 0.3 is 0 Å². The summed E-state index contributed by atoms with van der Waals surface area (Å²) >= 11 is 1.73. The van der Waals surface area contributed by atoms with Gasteiger partial charge < -0.3 is 0 Å². The lowest BCUT2D eigenvalue weighted by atomic mass is 10.2. The van der Waals surface area contributed by atoms with Crippen molar-refractivity contribution < 1.29 is 0 Å². The Morgan fingerprint density at radius 3 is 2.74 bits per heavy atom. The molecule has 0 bridgehead atoms. The topological polar surface area (TPSA) is 25.8 Å². The van der Waals surface area contributed by atoms with Crippen molar-refractivity contribution in [1.82, 2.24) is 9.97 Å². The van der Waals surface area contributed by atoms with Crippen molar-refractivity contribution in [3.05, 3.63) is 60.8 Å². The number of hydrogen-bond acceptors (Lipinski definition) is 3. The van der Waals surface area contributed by atoms with Crippen LogP contribution in [-0.2, 0) is 0 Å². The number of nitrogens with zero attached hydrogens (tertiary/aromatic N) is 2. The molecule has 0 aliphatic rings. The van der Waals surface area contributed by atoms with Gasteiger partial charge in [0, 0.05) is 11.6 Å². The number of benzene rings is 1. The van der Waals surface area contributed by atoms with Crippen LogP contribution in [0.15, 0.2) is 60.8 Å². The molecule has 0 saturated heterocycles. The first-order valence-corrected chi connectivity index (χ1v) is 6.92. The first kappa shape index (κ1) is 10.6. The summed E-state index contributed by atoms with van der Waals surface area (Å²) in [5, 5.41) is 1.17. The SMILES string of the molecule is c1ccc2nc(-c3cc4ncccc4s3)ccc2c1. The van der Waals surface area contributed by atoms with E-state index >= 15 is 0 Å². The van der Waals surface area contributed by atoms with Gasteiger partial charge in [0.05, 0.1) is 26.3 Å². The number of aromatic nitrogens is 2. The summed E-state index contributed by atoms with van der Waals surface area (Å²) in [7, 11) is 0. The Bertz CT molecular complexity index is 847. The van der Waals surface area contributed by atoms with Gasteiger partial charge in [-0.2, -0.15) is 0 Å². The summed E-state index contributed by atoms with van der Waals surface area (Å²) in [5.41, 5.74) is 3.09. The predicted molar refractivity (Wildman–Crippen MR) is 80.4 cm³/mol. The quantitative estimate of drug-likeness (QED) is 0.504. The van der Waals surface area contributed by atoms with Crippen LogP contribution >= 0.6 is 11.3 Å². The van der Waals surface area contributed by atoms with Gasteiger partial charge in [-0.1, -0.05) is 24.3 Å². The lowest BCUT2D eigenvalue weighted by Gasteiger charge is -1.99. The van der Waals surface area contributed by atoms with Gasteiger partial charge in [0.15, 0.2) is 0 Å². The summed E-state index contributed by atoms with van der Waals surface area (Å²) in [4.78, 5) is 10.3. The van der Waals surface area contributed by atoms with E-state index in [0.29, 0.717) is 0 Å². The van der Waals surface area contributed by atoms with E-state index in [1.54, 1.807) is 11.3 Å². The van der Waals surface area contributed by atoms with Gasteiger partial charge in [0.1, 0.15) is 0 Å². The monoisotopic (exact) mass is 262 g/mol. The van der Waals surface area contributed by atoms with Crippen LogP contribution in [0.25, 0.3) is 31.7 Å². The molecule has 0 unspecified atom stereocenters. The molecule has 3 heteroatoms. The molecular weight excluding hydrogens is 252 g/mol. The molecule has 2 nitrogen and oxygen atoms in total. The second-order valence-electron chi connectivity index (χ2n) is 4.39. The second kappa shape index (κ2) is 4.14. The number of hydrogen-bond donors (Lipinski definition) is 0. The fourth-order valence-corrected chi connectivity index (χ4v) is 3.19. The van der Waals surface area contributed by atoms with Gasteiger partial charge in [0.25, 0.3) is 0 Å². The minimum atomic E-state index is 1.02. The van der Waals surface area contributed by atoms with E-state index < -0.39 is 0 Å². The smallest absolute Gasteiger partial charge is 0.0816 e. The van der Waals surface area contributed by atoms with Gasteiger partial charge in [-0.3, -0.25) is 4.98 Å². The largest absolute Gasteiger partial charge is 0.255 e. The second-order valence-corrected chi connectivity index (χ2v) is 5.47. The Kier molecular flexibility index (Phi) is 2.32. The zero-order valence-corrected chi connectivity index (χ0v) is 10.9. The molecule has 4 aromatic rings. The molecule has 0 amide bonds. The standard InChI is InChI=1S/C16H10N2S/c1-2-5-12-11(4-1)7-8-13(18-12)16-10-14-15(19-16)6-3-9-17-14/h1-10H. The Balaban J connectivity index is 1.93. The van der Waals surface area contributed by atoms with Crippen LogP contribution < -0.4 is 0 Å². The summed E-state index contributed by atoms with van der Waals surface area (Å²) in [6, 6.07) is 18.6. The van der Waals surface area contributed by atoms with E-state index in [1.165, 1.54) is 15.0 Å². The number of para-hydroxylation sites is 1. The lowest BCUT2D eigenvalue weighted by molar-refractivity contribution is 1.41. The van der Waals surface area contributed by atoms with Crippen LogP contribution in [0.1, 0.15) is 0 Å². The third-order valence-electron chi connectivity index (χ3n) is 3.14. The average Bonchev–Trinajstić information content (AvgIpc) is 2.90. The average molecular weight is 262 g/mol. The zero-order chi connectivity index (χ0) is 12.7. The van der Waals surface area contributed by atoms with Gasteiger partial charge in [-0.15, -0.1) is 11.3 Å². The molecule has 0 fully saturated rings. The summed E-state index contributed by atoms with van der Waals surface area (Å²) in [6.07, 6.45) is 1.83. The van der Waals surface area contributed by atoms with Crippen LogP contribution in [0.3, 0.4) is 0 Å². The van der Waals surface area contributed by atoms with Crippen molar-refractivity contribution in [3.63, 3.8) is 0 Å². The summed E-state index contributed by atoms with van der Waals surface area (Å²) in [6.45, 7) is 0. The molecule has 3 aromatic heterocycles. The highest BCUT2D eigenvalue weighted by Gasteiger charge is 2.06. The van der Waals surface area contributed by atoms with Crippen molar-refractivity contribution in [1.29, 1.82) is 0 Å². The third-order valence-corrected chi connectivity index (χ3v) is 4.25. The van der Waals surface area contributed by atoms with Crippen LogP contribution in [-0.4, -0.2) is 9.97 Å². The van der Waals surface area contributed by atoms with Crippen LogP contribution in [0.4, 0.5) is 0 Å². The minimum Gasteiger partial charge on any atom is -0.255 e. The van der Waals surface area contributed by atoms with Crippen LogP contribution in [0.2, 0.25) is 0 Å². The number of pyridine rings is 2. The van der Waals surface area contributed by atoms with Crippen molar-refractivity contribution in [2.75, 3.05) is 0 Å². The highest BCUT2D eigenvalue weighted by Crippen LogP contribution is 2.31. The van der Waals surface area contributed by atoms with E-state index in [0.717, 1.165) is 16.7 Å². The molecule has 3 heterocycles. The molecule has 0 aliphatic carbocycles. The predicted octanol–water partition coefficient (Wildman–Crippen LogP) is 4.51. The molecular formula is C16H10N2S. The van der Waals surface area contributed by atoms with E-state index in [1.807, 2.05) is 30.5 Å². The molecule has 19 heavy (non-hydrogen) atoms. The lowest BCUT2D eigenvalue weighted by Crippen LogP contribution is -1.81. The van der Waals surface area contributed by atoms with Crippen molar-refractivity contribution in [2.45, 2.75) is 0 Å². The van der Waals surface area contributed by atoms with Crippen LogP contribution in [0, 0.1) is 0 Å². The normalized spacial score (nSPS) is 11.2. The molecule has 4 rings (SSSR count). The maximum Gasteiger partial charge on any atom is 0.0816 e. The highest BCUT2D eigenvalue weighted by atomic mass is 32.1. The number of thiophene rings is 1. The molecule has 0 aliphatic heterocycles. The molecule has 90 valence electrons. The molecule has 1 aromatic carbocycles. The van der Waals surface area contributed by atoms with Crippen molar-refractivity contribution in [3.8, 4) is 10.6 Å². The first-order valence-electron chi connectivity index (χ1n) is 6.11. The Hall–Kier alpha value is -2.26. The van der Waals surface area contributed by atoms with Gasteiger partial charge in [-0.25, -0.2) is 4.98 Å². The Morgan fingerprint density at radius 2 is 1.79 bits per heavy atom. The third kappa shape index (κ3) is 1.79. The van der Waals surface area contributed by atoms with E-state index in [4.69, 9.17) is 4.98 Å². The maximum absolute atomic E-state index is 4.72. The molecule has 0 saturated carbocycles. The Labute approximate surface area is 114 Å². The Morgan fingerprint density at radius 1 is 0.842 bits per heavy atom. The molecule has 0 N–H and O–H groups in total.